The summed E-state index contributed by atoms with van der Waals surface area (Å²) in [6.07, 6.45) is 2.48. The van der Waals surface area contributed by atoms with Gasteiger partial charge < -0.3 is 24.8 Å². The molecule has 3 aliphatic rings. The second-order valence-corrected chi connectivity index (χ2v) is 6.05. The molecule has 0 bridgehead atoms. The maximum absolute atomic E-state index is 12.9. The normalized spacial score (nSPS) is 21.9. The fraction of sp³-hybridized carbons (Fsp3) is 0.111. The summed E-state index contributed by atoms with van der Waals surface area (Å²) in [5.74, 6) is -2.77. The molecule has 2 unspecified atom stereocenters. The lowest BCUT2D eigenvalue weighted by Gasteiger charge is -2.21. The number of phenols is 3. The molecule has 2 atom stereocenters. The van der Waals surface area contributed by atoms with Crippen molar-refractivity contribution in [3.63, 3.8) is 0 Å². The average molecular weight is 338 g/mol. The third-order valence-electron chi connectivity index (χ3n) is 4.76. The van der Waals surface area contributed by atoms with E-state index < -0.39 is 29.4 Å². The summed E-state index contributed by atoms with van der Waals surface area (Å²) in [7, 11) is 0. The van der Waals surface area contributed by atoms with Gasteiger partial charge in [0.1, 0.15) is 23.0 Å². The van der Waals surface area contributed by atoms with Gasteiger partial charge in [0.15, 0.2) is 5.78 Å². The number of carbonyl (C=O) groups excluding carboxylic acids is 2. The van der Waals surface area contributed by atoms with Crippen LogP contribution in [0.25, 0.3) is 0 Å². The standard InChI is InChI=1S/C18H10O7/c19-8-1-2-9(20)14-13(8)15(21)7-5-10-11(16(22)12(7)17(14)23)6-3-4-24-18(6)25-10/h1-6,18-20,22H. The first kappa shape index (κ1) is 13.9. The minimum Gasteiger partial charge on any atom is -0.507 e. The third kappa shape index (κ3) is 1.54. The number of benzene rings is 2. The minimum absolute atomic E-state index is 0.0846. The molecular formula is C18H10O7. The number of fused-ring (bicyclic) bond motifs is 5. The van der Waals surface area contributed by atoms with Gasteiger partial charge in [-0.25, -0.2) is 0 Å². The zero-order valence-corrected chi connectivity index (χ0v) is 12.5. The van der Waals surface area contributed by atoms with Crippen molar-refractivity contribution in [3.05, 3.63) is 58.4 Å². The van der Waals surface area contributed by atoms with E-state index in [4.69, 9.17) is 9.47 Å². The first-order valence-corrected chi connectivity index (χ1v) is 7.52. The molecule has 2 aromatic rings. The van der Waals surface area contributed by atoms with E-state index in [1.54, 1.807) is 6.08 Å². The maximum Gasteiger partial charge on any atom is 0.250 e. The third-order valence-corrected chi connectivity index (χ3v) is 4.76. The molecule has 0 amide bonds. The van der Waals surface area contributed by atoms with E-state index in [0.717, 1.165) is 12.1 Å². The predicted octanol–water partition coefficient (Wildman–Crippen LogP) is 1.92. The first-order valence-electron chi connectivity index (χ1n) is 7.52. The number of phenolic OH excluding ortho intramolecular Hbond substituents is 3. The smallest absolute Gasteiger partial charge is 0.250 e. The van der Waals surface area contributed by atoms with Crippen LogP contribution in [0.1, 0.15) is 43.3 Å². The van der Waals surface area contributed by atoms with Crippen molar-refractivity contribution in [1.82, 2.24) is 0 Å². The summed E-state index contributed by atoms with van der Waals surface area (Å²) < 4.78 is 10.9. The lowest BCUT2D eigenvalue weighted by molar-refractivity contribution is -0.00487. The van der Waals surface area contributed by atoms with Gasteiger partial charge in [-0.3, -0.25) is 9.59 Å². The highest BCUT2D eigenvalue weighted by Crippen LogP contribution is 2.51. The first-order chi connectivity index (χ1) is 12.0. The van der Waals surface area contributed by atoms with Crippen LogP contribution in [0.3, 0.4) is 0 Å². The summed E-state index contributed by atoms with van der Waals surface area (Å²) in [5, 5.41) is 30.7. The monoisotopic (exact) mass is 338 g/mol. The van der Waals surface area contributed by atoms with Gasteiger partial charge in [0.25, 0.3) is 6.29 Å². The van der Waals surface area contributed by atoms with Crippen molar-refractivity contribution in [1.29, 1.82) is 0 Å². The molecule has 3 N–H and O–H groups in total. The highest BCUT2D eigenvalue weighted by atomic mass is 16.7. The Morgan fingerprint density at radius 2 is 1.60 bits per heavy atom. The van der Waals surface area contributed by atoms with Crippen molar-refractivity contribution in [2.45, 2.75) is 12.2 Å². The van der Waals surface area contributed by atoms with Crippen LogP contribution in [0.5, 0.6) is 23.0 Å². The Bertz CT molecular complexity index is 1030. The van der Waals surface area contributed by atoms with Crippen molar-refractivity contribution in [2.75, 3.05) is 0 Å². The Balaban J connectivity index is 1.82. The van der Waals surface area contributed by atoms with Crippen LogP contribution in [-0.2, 0) is 4.74 Å². The van der Waals surface area contributed by atoms with Gasteiger partial charge in [0, 0.05) is 5.56 Å². The predicted molar refractivity (Wildman–Crippen MR) is 82.1 cm³/mol. The molecule has 2 heterocycles. The van der Waals surface area contributed by atoms with Gasteiger partial charge in [-0.15, -0.1) is 0 Å². The zero-order valence-electron chi connectivity index (χ0n) is 12.5. The number of hydrogen-bond acceptors (Lipinski definition) is 7. The summed E-state index contributed by atoms with van der Waals surface area (Å²) >= 11 is 0. The fourth-order valence-electron chi connectivity index (χ4n) is 3.63. The zero-order chi connectivity index (χ0) is 17.5. The molecule has 124 valence electrons. The van der Waals surface area contributed by atoms with Crippen LogP contribution in [0.15, 0.2) is 30.5 Å². The average Bonchev–Trinajstić information content (AvgIpc) is 3.14. The van der Waals surface area contributed by atoms with E-state index in [2.05, 4.69) is 0 Å². The molecule has 0 fully saturated rings. The molecule has 0 spiro atoms. The number of ketones is 2. The van der Waals surface area contributed by atoms with E-state index in [-0.39, 0.29) is 39.7 Å². The Kier molecular flexibility index (Phi) is 2.41. The lowest BCUT2D eigenvalue weighted by Crippen LogP contribution is -2.22. The molecule has 5 rings (SSSR count). The molecule has 1 aliphatic carbocycles. The number of carbonyl (C=O) groups is 2. The van der Waals surface area contributed by atoms with Gasteiger partial charge in [0.05, 0.1) is 34.4 Å². The molecule has 25 heavy (non-hydrogen) atoms. The Labute approximate surface area is 140 Å². The van der Waals surface area contributed by atoms with E-state index in [1.807, 2.05) is 0 Å². The van der Waals surface area contributed by atoms with Gasteiger partial charge in [-0.1, -0.05) is 0 Å². The Morgan fingerprint density at radius 1 is 0.920 bits per heavy atom. The van der Waals surface area contributed by atoms with Gasteiger partial charge >= 0.3 is 0 Å². The van der Waals surface area contributed by atoms with Crippen molar-refractivity contribution in [2.24, 2.45) is 0 Å². The summed E-state index contributed by atoms with van der Waals surface area (Å²) in [5.41, 5.74) is -0.533. The molecule has 2 aliphatic heterocycles. The second kappa shape index (κ2) is 4.32. The molecule has 2 aromatic carbocycles. The number of aromatic hydroxyl groups is 3. The number of ether oxygens (including phenoxy) is 2. The summed E-state index contributed by atoms with van der Waals surface area (Å²) in [6, 6.07) is 3.63. The molecular weight excluding hydrogens is 328 g/mol. The number of hydrogen-bond donors (Lipinski definition) is 3. The van der Waals surface area contributed by atoms with E-state index >= 15 is 0 Å². The molecule has 0 radical (unpaired) electrons. The van der Waals surface area contributed by atoms with Gasteiger partial charge in [-0.05, 0) is 24.3 Å². The Hall–Kier alpha value is -3.48. The Morgan fingerprint density at radius 3 is 2.32 bits per heavy atom. The minimum atomic E-state index is -0.732. The van der Waals surface area contributed by atoms with Crippen LogP contribution in [0, 0.1) is 0 Å². The van der Waals surface area contributed by atoms with E-state index in [0.29, 0.717) is 5.56 Å². The molecule has 0 saturated carbocycles. The topological polar surface area (TPSA) is 113 Å². The van der Waals surface area contributed by atoms with Crippen molar-refractivity contribution >= 4 is 11.6 Å². The molecule has 7 nitrogen and oxygen atoms in total. The van der Waals surface area contributed by atoms with Crippen molar-refractivity contribution in [3.8, 4) is 23.0 Å². The number of rotatable bonds is 0. The van der Waals surface area contributed by atoms with Crippen LogP contribution in [-0.4, -0.2) is 33.2 Å². The van der Waals surface area contributed by atoms with Gasteiger partial charge in [-0.2, -0.15) is 0 Å². The second-order valence-electron chi connectivity index (χ2n) is 6.05. The molecule has 0 saturated heterocycles. The highest BCUT2D eigenvalue weighted by Gasteiger charge is 2.44. The summed E-state index contributed by atoms with van der Waals surface area (Å²) in [6.45, 7) is 0. The fourth-order valence-corrected chi connectivity index (χ4v) is 3.63. The van der Waals surface area contributed by atoms with Crippen LogP contribution < -0.4 is 4.74 Å². The van der Waals surface area contributed by atoms with Crippen LogP contribution in [0.2, 0.25) is 0 Å². The van der Waals surface area contributed by atoms with Gasteiger partial charge in [0.2, 0.25) is 5.78 Å². The van der Waals surface area contributed by atoms with Crippen LogP contribution in [0.4, 0.5) is 0 Å². The molecule has 0 aromatic heterocycles. The highest BCUT2D eigenvalue weighted by molar-refractivity contribution is 6.31. The van der Waals surface area contributed by atoms with Crippen LogP contribution >= 0.6 is 0 Å². The maximum atomic E-state index is 12.9. The van der Waals surface area contributed by atoms with E-state index in [1.165, 1.54) is 12.3 Å². The summed E-state index contributed by atoms with van der Waals surface area (Å²) in [4.78, 5) is 25.7. The lowest BCUT2D eigenvalue weighted by atomic mass is 9.80. The largest absolute Gasteiger partial charge is 0.507 e. The van der Waals surface area contributed by atoms with E-state index in [9.17, 15) is 24.9 Å². The van der Waals surface area contributed by atoms with Crippen molar-refractivity contribution < 1.29 is 34.4 Å². The quantitative estimate of drug-likeness (QED) is 0.537. The SMILES string of the molecule is O=C1c2cc3c(c(O)c2C(=O)c2c(O)ccc(O)c21)C1C=COC1O3. The molecule has 7 heteroatoms.